The van der Waals surface area contributed by atoms with Crippen LogP contribution in [-0.2, 0) is 0 Å². The molecular formula is C13H11BO. The smallest absolute Gasteiger partial charge is 0.192 e. The van der Waals surface area contributed by atoms with Gasteiger partial charge in [0.1, 0.15) is 7.85 Å². The van der Waals surface area contributed by atoms with Gasteiger partial charge in [0.2, 0.25) is 0 Å². The average Bonchev–Trinajstić information content (AvgIpc) is 2.30. The fourth-order valence-electron chi connectivity index (χ4n) is 1.57. The van der Waals surface area contributed by atoms with E-state index < -0.39 is 0 Å². The lowest BCUT2D eigenvalue weighted by Crippen LogP contribution is -2.15. The monoisotopic (exact) mass is 194 g/mol. The van der Waals surface area contributed by atoms with Crippen LogP contribution in [0.5, 0.6) is 0 Å². The Hall–Kier alpha value is -1.83. The van der Waals surface area contributed by atoms with Crippen molar-refractivity contribution < 1.29 is 4.79 Å². The summed E-state index contributed by atoms with van der Waals surface area (Å²) < 4.78 is 0. The molecule has 2 rings (SSSR count). The minimum Gasteiger partial charge on any atom is -0.289 e. The molecule has 0 fully saturated rings. The van der Waals surface area contributed by atoms with Gasteiger partial charge in [0.15, 0.2) is 5.78 Å². The van der Waals surface area contributed by atoms with E-state index in [0.29, 0.717) is 0 Å². The van der Waals surface area contributed by atoms with Crippen molar-refractivity contribution in [1.82, 2.24) is 0 Å². The summed E-state index contributed by atoms with van der Waals surface area (Å²) in [7, 11) is 1.95. The second-order valence-electron chi connectivity index (χ2n) is 3.51. The average molecular weight is 194 g/mol. The summed E-state index contributed by atoms with van der Waals surface area (Å²) in [5, 5.41) is 0. The van der Waals surface area contributed by atoms with Crippen molar-refractivity contribution in [1.29, 1.82) is 0 Å². The first-order chi connectivity index (χ1) is 7.29. The van der Waals surface area contributed by atoms with Gasteiger partial charge in [0.05, 0.1) is 0 Å². The third-order valence-electron chi connectivity index (χ3n) is 2.43. The molecule has 2 heteroatoms. The molecule has 0 atom stereocenters. The van der Waals surface area contributed by atoms with E-state index in [9.17, 15) is 4.79 Å². The molecule has 15 heavy (non-hydrogen) atoms. The molecular weight excluding hydrogens is 183 g/mol. The summed E-state index contributed by atoms with van der Waals surface area (Å²) in [4.78, 5) is 12.1. The SMILES string of the molecule is Bc1ccccc1C(=O)c1ccccc1. The topological polar surface area (TPSA) is 17.1 Å². The van der Waals surface area contributed by atoms with Crippen LogP contribution in [0.4, 0.5) is 0 Å². The van der Waals surface area contributed by atoms with Gasteiger partial charge in [-0.2, -0.15) is 0 Å². The molecule has 0 heterocycles. The van der Waals surface area contributed by atoms with Crippen LogP contribution in [0, 0.1) is 0 Å². The molecule has 1 nitrogen and oxygen atoms in total. The van der Waals surface area contributed by atoms with E-state index in [1.807, 2.05) is 62.4 Å². The molecule has 0 aliphatic rings. The van der Waals surface area contributed by atoms with Crippen molar-refractivity contribution in [2.24, 2.45) is 0 Å². The molecule has 0 saturated carbocycles. The zero-order chi connectivity index (χ0) is 10.7. The number of carbonyl (C=O) groups is 1. The Morgan fingerprint density at radius 2 is 1.47 bits per heavy atom. The summed E-state index contributed by atoms with van der Waals surface area (Å²) in [5.41, 5.74) is 2.54. The van der Waals surface area contributed by atoms with Gasteiger partial charge in [-0.05, 0) is 0 Å². The highest BCUT2D eigenvalue weighted by Gasteiger charge is 2.09. The molecule has 2 aromatic carbocycles. The van der Waals surface area contributed by atoms with Crippen LogP contribution in [0.1, 0.15) is 15.9 Å². The highest BCUT2D eigenvalue weighted by molar-refractivity contribution is 6.37. The van der Waals surface area contributed by atoms with Gasteiger partial charge in [0.25, 0.3) is 0 Å². The van der Waals surface area contributed by atoms with Crippen LogP contribution in [-0.4, -0.2) is 13.6 Å². The molecule has 0 saturated heterocycles. The minimum atomic E-state index is 0.0914. The van der Waals surface area contributed by atoms with Crippen molar-refractivity contribution in [3.05, 3.63) is 65.7 Å². The fourth-order valence-corrected chi connectivity index (χ4v) is 1.57. The Bertz CT molecular complexity index is 477. The Kier molecular flexibility index (Phi) is 2.68. The minimum absolute atomic E-state index is 0.0914. The van der Waals surface area contributed by atoms with Crippen LogP contribution < -0.4 is 5.46 Å². The van der Waals surface area contributed by atoms with Gasteiger partial charge in [-0.25, -0.2) is 0 Å². The largest absolute Gasteiger partial charge is 0.289 e. The number of carbonyl (C=O) groups excluding carboxylic acids is 1. The first-order valence-electron chi connectivity index (χ1n) is 4.94. The molecule has 0 spiro atoms. The van der Waals surface area contributed by atoms with Gasteiger partial charge in [-0.3, -0.25) is 4.79 Å². The third-order valence-corrected chi connectivity index (χ3v) is 2.43. The predicted molar refractivity (Wildman–Crippen MR) is 64.5 cm³/mol. The predicted octanol–water partition coefficient (Wildman–Crippen LogP) is 1.18. The first-order valence-corrected chi connectivity index (χ1v) is 4.94. The summed E-state index contributed by atoms with van der Waals surface area (Å²) >= 11 is 0. The second-order valence-corrected chi connectivity index (χ2v) is 3.51. The highest BCUT2D eigenvalue weighted by atomic mass is 16.1. The zero-order valence-electron chi connectivity index (χ0n) is 8.60. The van der Waals surface area contributed by atoms with Gasteiger partial charge >= 0.3 is 0 Å². The van der Waals surface area contributed by atoms with Gasteiger partial charge in [-0.15, -0.1) is 0 Å². The van der Waals surface area contributed by atoms with Crippen molar-refractivity contribution in [2.75, 3.05) is 0 Å². The van der Waals surface area contributed by atoms with E-state index in [1.54, 1.807) is 0 Å². The fraction of sp³-hybridized carbons (Fsp3) is 0. The maximum Gasteiger partial charge on any atom is 0.192 e. The van der Waals surface area contributed by atoms with E-state index >= 15 is 0 Å². The second kappa shape index (κ2) is 4.14. The quantitative estimate of drug-likeness (QED) is 0.518. The van der Waals surface area contributed by atoms with Crippen LogP contribution in [0.15, 0.2) is 54.6 Å². The Labute approximate surface area is 90.2 Å². The van der Waals surface area contributed by atoms with Crippen LogP contribution >= 0.6 is 0 Å². The number of hydrogen-bond acceptors (Lipinski definition) is 1. The normalized spacial score (nSPS) is 9.87. The highest BCUT2D eigenvalue weighted by Crippen LogP contribution is 2.06. The molecule has 0 aliphatic carbocycles. The number of rotatable bonds is 2. The lowest BCUT2D eigenvalue weighted by atomic mass is 9.87. The molecule has 72 valence electrons. The Balaban J connectivity index is 2.42. The first kappa shape index (κ1) is 9.72. The molecule has 0 unspecified atom stereocenters. The van der Waals surface area contributed by atoms with E-state index in [2.05, 4.69) is 0 Å². The zero-order valence-corrected chi connectivity index (χ0v) is 8.60. The summed E-state index contributed by atoms with van der Waals surface area (Å²) in [6, 6.07) is 17.0. The lowest BCUT2D eigenvalue weighted by Gasteiger charge is -2.04. The molecule has 0 aliphatic heterocycles. The molecule has 0 bridgehead atoms. The van der Waals surface area contributed by atoms with Crippen LogP contribution in [0.25, 0.3) is 0 Å². The van der Waals surface area contributed by atoms with E-state index in [4.69, 9.17) is 0 Å². The van der Waals surface area contributed by atoms with Crippen LogP contribution in [0.2, 0.25) is 0 Å². The van der Waals surface area contributed by atoms with Crippen molar-refractivity contribution in [3.63, 3.8) is 0 Å². The van der Waals surface area contributed by atoms with E-state index in [1.165, 1.54) is 0 Å². The van der Waals surface area contributed by atoms with E-state index in [0.717, 1.165) is 16.6 Å². The molecule has 0 amide bonds. The standard InChI is InChI=1S/C13H11BO/c14-12-9-5-4-8-11(12)13(15)10-6-2-1-3-7-10/h1-9H,14H2. The maximum absolute atomic E-state index is 12.1. The van der Waals surface area contributed by atoms with Crippen LogP contribution in [0.3, 0.4) is 0 Å². The van der Waals surface area contributed by atoms with Crippen molar-refractivity contribution in [2.45, 2.75) is 0 Å². The summed E-state index contributed by atoms with van der Waals surface area (Å²) in [6.45, 7) is 0. The molecule has 2 aromatic rings. The number of benzene rings is 2. The summed E-state index contributed by atoms with van der Waals surface area (Å²) in [6.07, 6.45) is 0. The Morgan fingerprint density at radius 3 is 2.13 bits per heavy atom. The number of ketones is 1. The third kappa shape index (κ3) is 1.99. The lowest BCUT2D eigenvalue weighted by molar-refractivity contribution is 0.104. The Morgan fingerprint density at radius 1 is 0.867 bits per heavy atom. The molecule has 0 N–H and O–H groups in total. The summed E-state index contributed by atoms with van der Waals surface area (Å²) in [5.74, 6) is 0.0914. The van der Waals surface area contributed by atoms with Gasteiger partial charge in [-0.1, -0.05) is 60.1 Å². The molecule has 0 aromatic heterocycles. The van der Waals surface area contributed by atoms with E-state index in [-0.39, 0.29) is 5.78 Å². The van der Waals surface area contributed by atoms with Gasteiger partial charge in [0, 0.05) is 11.1 Å². The molecule has 0 radical (unpaired) electrons. The van der Waals surface area contributed by atoms with Crippen molar-refractivity contribution in [3.8, 4) is 0 Å². The number of hydrogen-bond donors (Lipinski definition) is 0. The van der Waals surface area contributed by atoms with Crippen molar-refractivity contribution >= 4 is 19.1 Å². The van der Waals surface area contributed by atoms with Gasteiger partial charge < -0.3 is 0 Å². The maximum atomic E-state index is 12.1.